The number of anilines is 1. The highest BCUT2D eigenvalue weighted by molar-refractivity contribution is 5.95. The smallest absolute Gasteiger partial charge is 0.354 e. The van der Waals surface area contributed by atoms with Gasteiger partial charge in [0.05, 0.1) is 0 Å². The molecule has 1 heterocycles. The van der Waals surface area contributed by atoms with E-state index in [1.165, 1.54) is 12.3 Å². The number of aromatic carboxylic acids is 1. The van der Waals surface area contributed by atoms with Crippen molar-refractivity contribution in [2.45, 2.75) is 12.8 Å². The van der Waals surface area contributed by atoms with Crippen molar-refractivity contribution in [1.82, 2.24) is 4.98 Å². The van der Waals surface area contributed by atoms with Gasteiger partial charge in [0, 0.05) is 17.8 Å². The highest BCUT2D eigenvalue weighted by Gasteiger charge is 2.29. The molecule has 0 aromatic carbocycles. The summed E-state index contributed by atoms with van der Waals surface area (Å²) in [7, 11) is 0. The Bertz CT molecular complexity index is 413. The van der Waals surface area contributed by atoms with E-state index in [4.69, 9.17) is 5.11 Å². The van der Waals surface area contributed by atoms with Crippen LogP contribution in [0.25, 0.3) is 0 Å². The minimum Gasteiger partial charge on any atom is -0.477 e. The largest absolute Gasteiger partial charge is 0.477 e. The highest BCUT2D eigenvalue weighted by atomic mass is 16.4. The van der Waals surface area contributed by atoms with E-state index in [9.17, 15) is 9.59 Å². The number of carboxylic acid groups (broad SMARTS) is 1. The van der Waals surface area contributed by atoms with Crippen LogP contribution in [0, 0.1) is 5.92 Å². The van der Waals surface area contributed by atoms with Gasteiger partial charge in [-0.15, -0.1) is 0 Å². The lowest BCUT2D eigenvalue weighted by molar-refractivity contribution is -0.117. The molecule has 0 aliphatic heterocycles. The van der Waals surface area contributed by atoms with Gasteiger partial charge in [-0.3, -0.25) is 4.79 Å². The van der Waals surface area contributed by atoms with Gasteiger partial charge in [-0.2, -0.15) is 0 Å². The second kappa shape index (κ2) is 3.68. The second-order valence-corrected chi connectivity index (χ2v) is 3.50. The van der Waals surface area contributed by atoms with Crippen molar-refractivity contribution in [2.75, 3.05) is 5.32 Å². The second-order valence-electron chi connectivity index (χ2n) is 3.50. The van der Waals surface area contributed by atoms with E-state index < -0.39 is 5.97 Å². The fourth-order valence-corrected chi connectivity index (χ4v) is 1.22. The average Bonchev–Trinajstić information content (AvgIpc) is 3.01. The van der Waals surface area contributed by atoms with E-state index >= 15 is 0 Å². The Balaban J connectivity index is 2.10. The van der Waals surface area contributed by atoms with Gasteiger partial charge in [0.15, 0.2) is 0 Å². The fraction of sp³-hybridized carbons (Fsp3) is 0.300. The van der Waals surface area contributed by atoms with Crippen LogP contribution in [-0.4, -0.2) is 22.0 Å². The molecule has 1 aromatic heterocycles. The molecule has 1 aliphatic rings. The van der Waals surface area contributed by atoms with Crippen LogP contribution in [0.2, 0.25) is 0 Å². The van der Waals surface area contributed by atoms with Crippen LogP contribution in [0.1, 0.15) is 23.3 Å². The number of carboxylic acids is 1. The zero-order valence-corrected chi connectivity index (χ0v) is 7.93. The van der Waals surface area contributed by atoms with E-state index in [-0.39, 0.29) is 17.5 Å². The summed E-state index contributed by atoms with van der Waals surface area (Å²) < 4.78 is 0. The Morgan fingerprint density at radius 3 is 2.80 bits per heavy atom. The number of pyridine rings is 1. The molecule has 0 spiro atoms. The van der Waals surface area contributed by atoms with Crippen molar-refractivity contribution in [1.29, 1.82) is 0 Å². The number of nitrogens with zero attached hydrogens (tertiary/aromatic N) is 1. The number of carbonyl (C=O) groups excluding carboxylic acids is 1. The molecule has 1 aliphatic carbocycles. The van der Waals surface area contributed by atoms with Gasteiger partial charge in [0.2, 0.25) is 5.91 Å². The van der Waals surface area contributed by atoms with Crippen molar-refractivity contribution in [3.8, 4) is 0 Å². The molecule has 0 radical (unpaired) electrons. The lowest BCUT2D eigenvalue weighted by Crippen LogP contribution is -2.14. The van der Waals surface area contributed by atoms with E-state index in [1.807, 2.05) is 0 Å². The van der Waals surface area contributed by atoms with Gasteiger partial charge in [-0.05, 0) is 25.0 Å². The maximum atomic E-state index is 11.4. The Morgan fingerprint density at radius 2 is 2.20 bits per heavy atom. The maximum Gasteiger partial charge on any atom is 0.354 e. The normalized spacial score (nSPS) is 14.7. The molecular weight excluding hydrogens is 196 g/mol. The zero-order valence-electron chi connectivity index (χ0n) is 7.93. The molecule has 1 aromatic rings. The Labute approximate surface area is 86.1 Å². The van der Waals surface area contributed by atoms with Gasteiger partial charge < -0.3 is 10.4 Å². The van der Waals surface area contributed by atoms with Gasteiger partial charge in [-0.25, -0.2) is 9.78 Å². The van der Waals surface area contributed by atoms with Crippen LogP contribution in [0.3, 0.4) is 0 Å². The summed E-state index contributed by atoms with van der Waals surface area (Å²) in [6.07, 6.45) is 3.21. The van der Waals surface area contributed by atoms with E-state index in [2.05, 4.69) is 10.3 Å². The van der Waals surface area contributed by atoms with Crippen LogP contribution in [-0.2, 0) is 4.79 Å². The number of nitrogens with one attached hydrogen (secondary N) is 1. The Morgan fingerprint density at radius 1 is 1.47 bits per heavy atom. The minimum atomic E-state index is -1.10. The molecule has 0 saturated heterocycles. The van der Waals surface area contributed by atoms with E-state index in [1.54, 1.807) is 6.07 Å². The highest BCUT2D eigenvalue weighted by Crippen LogP contribution is 2.30. The number of hydrogen-bond donors (Lipinski definition) is 2. The molecule has 0 unspecified atom stereocenters. The zero-order chi connectivity index (χ0) is 10.8. The first-order chi connectivity index (χ1) is 7.16. The van der Waals surface area contributed by atoms with Crippen LogP contribution in [0.5, 0.6) is 0 Å². The summed E-state index contributed by atoms with van der Waals surface area (Å²) in [6.45, 7) is 0. The van der Waals surface area contributed by atoms with Gasteiger partial charge >= 0.3 is 5.97 Å². The SMILES string of the molecule is O=C(O)c1cc(NC(=O)C2CC2)ccn1. The van der Waals surface area contributed by atoms with Crippen LogP contribution in [0.4, 0.5) is 5.69 Å². The van der Waals surface area contributed by atoms with Crippen molar-refractivity contribution in [3.05, 3.63) is 24.0 Å². The summed E-state index contributed by atoms with van der Waals surface area (Å²) >= 11 is 0. The molecule has 15 heavy (non-hydrogen) atoms. The number of carbonyl (C=O) groups is 2. The fourth-order valence-electron chi connectivity index (χ4n) is 1.22. The van der Waals surface area contributed by atoms with Crippen molar-refractivity contribution >= 4 is 17.6 Å². The number of amides is 1. The third-order valence-corrected chi connectivity index (χ3v) is 2.19. The Kier molecular flexibility index (Phi) is 2.37. The predicted octanol–water partition coefficient (Wildman–Crippen LogP) is 1.13. The molecule has 2 N–H and O–H groups in total. The first kappa shape index (κ1) is 9.64. The Hall–Kier alpha value is -1.91. The van der Waals surface area contributed by atoms with Crippen molar-refractivity contribution in [3.63, 3.8) is 0 Å². The maximum absolute atomic E-state index is 11.4. The van der Waals surface area contributed by atoms with Crippen LogP contribution >= 0.6 is 0 Å². The molecule has 78 valence electrons. The third kappa shape index (κ3) is 2.31. The molecule has 0 bridgehead atoms. The molecule has 1 amide bonds. The summed E-state index contributed by atoms with van der Waals surface area (Å²) in [5, 5.41) is 11.3. The molecule has 0 atom stereocenters. The van der Waals surface area contributed by atoms with Crippen LogP contribution in [0.15, 0.2) is 18.3 Å². The van der Waals surface area contributed by atoms with Gasteiger partial charge in [0.1, 0.15) is 5.69 Å². The topological polar surface area (TPSA) is 79.3 Å². The standard InChI is InChI=1S/C10H10N2O3/c13-9(6-1-2-6)12-7-3-4-11-8(5-7)10(14)15/h3-6H,1-2H2,(H,14,15)(H,11,12,13). The van der Waals surface area contributed by atoms with Crippen LogP contribution < -0.4 is 5.32 Å². The lowest BCUT2D eigenvalue weighted by atomic mass is 10.3. The van der Waals surface area contributed by atoms with Gasteiger partial charge in [-0.1, -0.05) is 0 Å². The monoisotopic (exact) mass is 206 g/mol. The van der Waals surface area contributed by atoms with Crippen molar-refractivity contribution in [2.24, 2.45) is 5.92 Å². The summed E-state index contributed by atoms with van der Waals surface area (Å²) in [6, 6.07) is 2.93. The molecule has 5 heteroatoms. The number of hydrogen-bond acceptors (Lipinski definition) is 3. The van der Waals surface area contributed by atoms with E-state index in [0.29, 0.717) is 5.69 Å². The molecule has 5 nitrogen and oxygen atoms in total. The summed E-state index contributed by atoms with van der Waals surface area (Å²) in [5.41, 5.74) is 0.419. The summed E-state index contributed by atoms with van der Waals surface area (Å²) in [4.78, 5) is 25.6. The first-order valence-corrected chi connectivity index (χ1v) is 4.67. The molecule has 1 fully saturated rings. The lowest BCUT2D eigenvalue weighted by Gasteiger charge is -2.03. The van der Waals surface area contributed by atoms with Crippen molar-refractivity contribution < 1.29 is 14.7 Å². The average molecular weight is 206 g/mol. The van der Waals surface area contributed by atoms with Gasteiger partial charge in [0.25, 0.3) is 0 Å². The predicted molar refractivity (Wildman–Crippen MR) is 52.6 cm³/mol. The summed E-state index contributed by atoms with van der Waals surface area (Å²) in [5.74, 6) is -1.04. The minimum absolute atomic E-state index is 0.0439. The number of aromatic nitrogens is 1. The molecule has 2 rings (SSSR count). The number of rotatable bonds is 3. The first-order valence-electron chi connectivity index (χ1n) is 4.67. The molecule has 1 saturated carbocycles. The molecular formula is C10H10N2O3. The quantitative estimate of drug-likeness (QED) is 0.776. The third-order valence-electron chi connectivity index (χ3n) is 2.19. The van der Waals surface area contributed by atoms with E-state index in [0.717, 1.165) is 12.8 Å².